The van der Waals surface area contributed by atoms with Gasteiger partial charge >= 0.3 is 12.3 Å². The summed E-state index contributed by atoms with van der Waals surface area (Å²) in [6.07, 6.45) is -4.19. The number of rotatable bonds is 4. The van der Waals surface area contributed by atoms with E-state index in [2.05, 4.69) is 15.5 Å². The number of amides is 1. The van der Waals surface area contributed by atoms with E-state index in [4.69, 9.17) is 9.26 Å². The molecule has 5 rings (SSSR count). The van der Waals surface area contributed by atoms with E-state index in [0.29, 0.717) is 35.3 Å². The number of carbonyl (C=O) groups excluding carboxylic acids is 1. The number of benzene rings is 2. The first-order chi connectivity index (χ1) is 17.5. The first-order valence-corrected chi connectivity index (χ1v) is 12.5. The van der Waals surface area contributed by atoms with E-state index < -0.39 is 28.8 Å². The summed E-state index contributed by atoms with van der Waals surface area (Å²) in [6, 6.07) is 15.4. The van der Waals surface area contributed by atoms with Crippen molar-refractivity contribution in [2.45, 2.75) is 51.4 Å². The number of alkyl carbamates (subject to hydrolysis) is 1. The quantitative estimate of drug-likeness (QED) is 0.295. The highest BCUT2D eigenvalue weighted by atomic mass is 32.1. The monoisotopic (exact) mass is 527 g/mol. The Kier molecular flexibility index (Phi) is 6.31. The smallest absolute Gasteiger partial charge is 0.426 e. The third-order valence-corrected chi connectivity index (χ3v) is 7.06. The fraction of sp³-hybridized carbons (Fsp3) is 0.296. The minimum absolute atomic E-state index is 0.0145. The van der Waals surface area contributed by atoms with Crippen molar-refractivity contribution in [3.8, 4) is 33.3 Å². The predicted molar refractivity (Wildman–Crippen MR) is 134 cm³/mol. The van der Waals surface area contributed by atoms with Crippen LogP contribution >= 0.6 is 11.3 Å². The number of thiophene rings is 1. The van der Waals surface area contributed by atoms with Gasteiger partial charge in [-0.15, -0.1) is 11.3 Å². The van der Waals surface area contributed by atoms with Crippen LogP contribution in [-0.4, -0.2) is 21.8 Å². The Morgan fingerprint density at radius 1 is 1.08 bits per heavy atom. The van der Waals surface area contributed by atoms with Gasteiger partial charge in [0.15, 0.2) is 0 Å². The minimum Gasteiger partial charge on any atom is -0.441 e. The van der Waals surface area contributed by atoms with Crippen molar-refractivity contribution in [2.24, 2.45) is 0 Å². The van der Waals surface area contributed by atoms with E-state index in [0.717, 1.165) is 11.1 Å². The van der Waals surface area contributed by atoms with E-state index in [9.17, 15) is 18.0 Å². The number of ether oxygens (including phenoxy) is 1. The normalized spacial score (nSPS) is 15.5. The Morgan fingerprint density at radius 3 is 2.54 bits per heavy atom. The molecule has 192 valence electrons. The van der Waals surface area contributed by atoms with Crippen molar-refractivity contribution in [3.05, 3.63) is 70.6 Å². The summed E-state index contributed by atoms with van der Waals surface area (Å²) >= 11 is 0.574. The lowest BCUT2D eigenvalue weighted by atomic mass is 10.0. The van der Waals surface area contributed by atoms with Gasteiger partial charge in [0.05, 0.1) is 4.88 Å². The van der Waals surface area contributed by atoms with Gasteiger partial charge in [-0.25, -0.2) is 4.79 Å². The van der Waals surface area contributed by atoms with E-state index in [1.165, 1.54) is 6.07 Å². The highest BCUT2D eigenvalue weighted by Crippen LogP contribution is 2.46. The SMILES string of the molecule is CC(C)(C)NC(=O)OC1CCc2c(-c3noc(-c4cc(-c5ccccc5)c(C(F)(F)F)s4)n3)cccc21. The van der Waals surface area contributed by atoms with Crippen molar-refractivity contribution in [3.63, 3.8) is 0 Å². The molecule has 2 heterocycles. The second kappa shape index (κ2) is 9.33. The second-order valence-electron chi connectivity index (χ2n) is 9.82. The first kappa shape index (κ1) is 25.0. The van der Waals surface area contributed by atoms with Crippen molar-refractivity contribution in [2.75, 3.05) is 0 Å². The largest absolute Gasteiger partial charge is 0.441 e. The standard InChI is InChI=1S/C27H24F3N3O3S/c1-26(2,3)32-25(34)35-20-13-12-16-17(20)10-7-11-18(16)23-31-24(36-33-23)21-14-19(15-8-5-4-6-9-15)22(37-21)27(28,29)30/h4-11,14,20H,12-13H2,1-3H3,(H,32,34). The summed E-state index contributed by atoms with van der Waals surface area (Å²) in [5.41, 5.74) is 2.59. The zero-order valence-electron chi connectivity index (χ0n) is 20.3. The molecule has 6 nitrogen and oxygen atoms in total. The van der Waals surface area contributed by atoms with E-state index in [1.807, 2.05) is 39.0 Å². The van der Waals surface area contributed by atoms with Gasteiger partial charge < -0.3 is 14.6 Å². The fourth-order valence-electron chi connectivity index (χ4n) is 4.39. The summed E-state index contributed by atoms with van der Waals surface area (Å²) in [6.45, 7) is 5.62. The molecule has 0 aliphatic heterocycles. The van der Waals surface area contributed by atoms with Crippen molar-refractivity contribution >= 4 is 17.4 Å². The third-order valence-electron chi connectivity index (χ3n) is 5.89. The number of hydrogen-bond donors (Lipinski definition) is 1. The van der Waals surface area contributed by atoms with Crippen LogP contribution in [0.3, 0.4) is 0 Å². The fourth-order valence-corrected chi connectivity index (χ4v) is 5.35. The van der Waals surface area contributed by atoms with Gasteiger partial charge in [-0.05, 0) is 56.4 Å². The molecule has 0 radical (unpaired) electrons. The highest BCUT2D eigenvalue weighted by molar-refractivity contribution is 7.16. The van der Waals surface area contributed by atoms with Crippen LogP contribution in [0.15, 0.2) is 59.1 Å². The number of nitrogens with one attached hydrogen (secondary N) is 1. The Balaban J connectivity index is 1.45. The Morgan fingerprint density at radius 2 is 1.84 bits per heavy atom. The predicted octanol–water partition coefficient (Wildman–Crippen LogP) is 7.66. The van der Waals surface area contributed by atoms with Crippen LogP contribution < -0.4 is 5.32 Å². The molecule has 1 amide bonds. The molecule has 1 aliphatic carbocycles. The molecule has 0 fully saturated rings. The number of aromatic nitrogens is 2. The zero-order valence-corrected chi connectivity index (χ0v) is 21.2. The summed E-state index contributed by atoms with van der Waals surface area (Å²) < 4.78 is 52.5. The molecule has 0 spiro atoms. The molecule has 2 aromatic carbocycles. The molecular formula is C27H24F3N3O3S. The van der Waals surface area contributed by atoms with Gasteiger partial charge in [0.25, 0.3) is 5.89 Å². The molecule has 37 heavy (non-hydrogen) atoms. The molecule has 10 heteroatoms. The van der Waals surface area contributed by atoms with Gasteiger partial charge in [-0.1, -0.05) is 53.7 Å². The number of carbonyl (C=O) groups is 1. The molecule has 1 aliphatic rings. The maximum Gasteiger partial charge on any atom is 0.426 e. The molecule has 1 atom stereocenters. The lowest BCUT2D eigenvalue weighted by Gasteiger charge is -2.22. The Bertz CT molecular complexity index is 1440. The highest BCUT2D eigenvalue weighted by Gasteiger charge is 2.37. The minimum atomic E-state index is -4.52. The van der Waals surface area contributed by atoms with Crippen LogP contribution in [0.5, 0.6) is 0 Å². The van der Waals surface area contributed by atoms with Crippen LogP contribution in [0.4, 0.5) is 18.0 Å². The molecule has 1 N–H and O–H groups in total. The van der Waals surface area contributed by atoms with Crippen LogP contribution in [0.2, 0.25) is 0 Å². The lowest BCUT2D eigenvalue weighted by Crippen LogP contribution is -2.41. The summed E-state index contributed by atoms with van der Waals surface area (Å²) in [5, 5.41) is 6.86. The van der Waals surface area contributed by atoms with Gasteiger partial charge in [-0.2, -0.15) is 18.2 Å². The van der Waals surface area contributed by atoms with E-state index in [1.54, 1.807) is 30.3 Å². The zero-order chi connectivity index (χ0) is 26.4. The molecule has 4 aromatic rings. The average Bonchev–Trinajstić information content (AvgIpc) is 3.56. The second-order valence-corrected chi connectivity index (χ2v) is 10.9. The van der Waals surface area contributed by atoms with E-state index in [-0.39, 0.29) is 22.2 Å². The summed E-state index contributed by atoms with van der Waals surface area (Å²) in [5.74, 6) is 0.287. The lowest BCUT2D eigenvalue weighted by molar-refractivity contribution is -0.133. The van der Waals surface area contributed by atoms with Crippen LogP contribution in [-0.2, 0) is 17.3 Å². The Hall–Kier alpha value is -3.66. The molecule has 0 saturated carbocycles. The third kappa shape index (κ3) is 5.24. The molecular weight excluding hydrogens is 503 g/mol. The van der Waals surface area contributed by atoms with Gasteiger partial charge in [0.2, 0.25) is 5.82 Å². The van der Waals surface area contributed by atoms with Crippen molar-refractivity contribution in [1.82, 2.24) is 15.5 Å². The van der Waals surface area contributed by atoms with Crippen LogP contribution in [0.1, 0.15) is 49.3 Å². The maximum absolute atomic E-state index is 13.8. The van der Waals surface area contributed by atoms with Gasteiger partial charge in [0.1, 0.15) is 11.0 Å². The average molecular weight is 528 g/mol. The summed E-state index contributed by atoms with van der Waals surface area (Å²) in [7, 11) is 0. The number of fused-ring (bicyclic) bond motifs is 1. The summed E-state index contributed by atoms with van der Waals surface area (Å²) in [4.78, 5) is 16.2. The van der Waals surface area contributed by atoms with E-state index >= 15 is 0 Å². The number of hydrogen-bond acceptors (Lipinski definition) is 6. The van der Waals surface area contributed by atoms with Gasteiger partial charge in [-0.3, -0.25) is 0 Å². The van der Waals surface area contributed by atoms with Crippen LogP contribution in [0.25, 0.3) is 33.3 Å². The number of nitrogens with zero attached hydrogens (tertiary/aromatic N) is 2. The van der Waals surface area contributed by atoms with Crippen molar-refractivity contribution in [1.29, 1.82) is 0 Å². The molecule has 1 unspecified atom stereocenters. The maximum atomic E-state index is 13.8. The molecule has 0 saturated heterocycles. The first-order valence-electron chi connectivity index (χ1n) is 11.7. The topological polar surface area (TPSA) is 77.2 Å². The molecule has 2 aromatic heterocycles. The van der Waals surface area contributed by atoms with Gasteiger partial charge in [0, 0.05) is 16.7 Å². The number of alkyl halides is 3. The van der Waals surface area contributed by atoms with Crippen LogP contribution in [0, 0.1) is 0 Å². The Labute approximate surface area is 215 Å². The molecule has 0 bridgehead atoms. The van der Waals surface area contributed by atoms with Crippen molar-refractivity contribution < 1.29 is 27.2 Å². The number of halogens is 3.